The molecule has 3 aromatic rings. The smallest absolute Gasteiger partial charge is 0.133 e. The summed E-state index contributed by atoms with van der Waals surface area (Å²) < 4.78 is 5.88. The number of ether oxygens (including phenoxy) is 1. The number of benzene rings is 2. The van der Waals surface area contributed by atoms with E-state index in [4.69, 9.17) is 4.74 Å². The van der Waals surface area contributed by atoms with Crippen molar-refractivity contribution >= 4 is 10.9 Å². The lowest BCUT2D eigenvalue weighted by atomic mass is 10.1. The number of para-hydroxylation sites is 1. The SMILES string of the molecule is C[C@H](O)c1ccccc1Oc1ccc2cccnc2c1. The highest BCUT2D eigenvalue weighted by Gasteiger charge is 2.09. The van der Waals surface area contributed by atoms with Crippen LogP contribution in [0.1, 0.15) is 18.6 Å². The fourth-order valence-corrected chi connectivity index (χ4v) is 2.16. The summed E-state index contributed by atoms with van der Waals surface area (Å²) in [5, 5.41) is 10.8. The summed E-state index contributed by atoms with van der Waals surface area (Å²) in [4.78, 5) is 4.31. The summed E-state index contributed by atoms with van der Waals surface area (Å²) in [6.45, 7) is 1.73. The maximum absolute atomic E-state index is 9.76. The molecule has 0 amide bonds. The van der Waals surface area contributed by atoms with Gasteiger partial charge in [-0.3, -0.25) is 4.98 Å². The first-order valence-corrected chi connectivity index (χ1v) is 6.54. The summed E-state index contributed by atoms with van der Waals surface area (Å²) in [6, 6.07) is 17.2. The lowest BCUT2D eigenvalue weighted by Gasteiger charge is -2.13. The second-order valence-corrected chi connectivity index (χ2v) is 4.67. The summed E-state index contributed by atoms with van der Waals surface area (Å²) in [5.74, 6) is 1.38. The molecule has 0 saturated heterocycles. The Morgan fingerprint density at radius 1 is 1.05 bits per heavy atom. The minimum absolute atomic E-state index is 0.565. The van der Waals surface area contributed by atoms with Crippen LogP contribution in [0.2, 0.25) is 0 Å². The highest BCUT2D eigenvalue weighted by Crippen LogP contribution is 2.30. The Bertz CT molecular complexity index is 738. The molecule has 100 valence electrons. The molecule has 0 saturated carbocycles. The van der Waals surface area contributed by atoms with Crippen LogP contribution in [0.3, 0.4) is 0 Å². The fraction of sp³-hybridized carbons (Fsp3) is 0.118. The first-order valence-electron chi connectivity index (χ1n) is 6.54. The van der Waals surface area contributed by atoms with Crippen LogP contribution in [-0.4, -0.2) is 10.1 Å². The van der Waals surface area contributed by atoms with Gasteiger partial charge in [0.15, 0.2) is 0 Å². The maximum atomic E-state index is 9.76. The van der Waals surface area contributed by atoms with E-state index in [2.05, 4.69) is 4.98 Å². The van der Waals surface area contributed by atoms with Crippen molar-refractivity contribution in [3.05, 3.63) is 66.4 Å². The van der Waals surface area contributed by atoms with Gasteiger partial charge in [0.25, 0.3) is 0 Å². The third-order valence-corrected chi connectivity index (χ3v) is 3.17. The standard InChI is InChI=1S/C17H15NO2/c1-12(19)15-6-2-3-7-17(15)20-14-9-8-13-5-4-10-18-16(13)11-14/h2-12,19H,1H3/t12-/m0/s1. The Balaban J connectivity index is 1.97. The van der Waals surface area contributed by atoms with E-state index in [-0.39, 0.29) is 0 Å². The van der Waals surface area contributed by atoms with E-state index in [1.807, 2.05) is 54.6 Å². The molecule has 0 radical (unpaired) electrons. The molecule has 1 aromatic heterocycles. The molecule has 1 N–H and O–H groups in total. The lowest BCUT2D eigenvalue weighted by molar-refractivity contribution is 0.195. The largest absolute Gasteiger partial charge is 0.457 e. The molecule has 1 atom stereocenters. The number of aromatic nitrogens is 1. The van der Waals surface area contributed by atoms with E-state index in [9.17, 15) is 5.11 Å². The molecule has 0 unspecified atom stereocenters. The summed E-state index contributed by atoms with van der Waals surface area (Å²) in [5.41, 5.74) is 1.66. The van der Waals surface area contributed by atoms with Crippen LogP contribution in [0.4, 0.5) is 0 Å². The summed E-state index contributed by atoms with van der Waals surface area (Å²) in [7, 11) is 0. The van der Waals surface area contributed by atoms with E-state index >= 15 is 0 Å². The minimum Gasteiger partial charge on any atom is -0.457 e. The summed E-state index contributed by atoms with van der Waals surface area (Å²) in [6.07, 6.45) is 1.19. The van der Waals surface area contributed by atoms with Crippen molar-refractivity contribution in [3.8, 4) is 11.5 Å². The fourth-order valence-electron chi connectivity index (χ4n) is 2.16. The van der Waals surface area contributed by atoms with Gasteiger partial charge in [-0.2, -0.15) is 0 Å². The zero-order valence-corrected chi connectivity index (χ0v) is 11.2. The Kier molecular flexibility index (Phi) is 3.35. The number of hydrogen-bond donors (Lipinski definition) is 1. The quantitative estimate of drug-likeness (QED) is 0.775. The van der Waals surface area contributed by atoms with Crippen LogP contribution in [0.5, 0.6) is 11.5 Å². The van der Waals surface area contributed by atoms with Gasteiger partial charge in [-0.1, -0.05) is 24.3 Å². The zero-order chi connectivity index (χ0) is 13.9. The maximum Gasteiger partial charge on any atom is 0.133 e. The van der Waals surface area contributed by atoms with Crippen LogP contribution in [0.25, 0.3) is 10.9 Å². The molecular weight excluding hydrogens is 250 g/mol. The predicted molar refractivity (Wildman–Crippen MR) is 78.9 cm³/mol. The summed E-state index contributed by atoms with van der Waals surface area (Å²) >= 11 is 0. The van der Waals surface area contributed by atoms with E-state index < -0.39 is 6.10 Å². The lowest BCUT2D eigenvalue weighted by Crippen LogP contribution is -1.95. The highest BCUT2D eigenvalue weighted by molar-refractivity contribution is 5.79. The van der Waals surface area contributed by atoms with Crippen LogP contribution >= 0.6 is 0 Å². The van der Waals surface area contributed by atoms with Crippen LogP contribution < -0.4 is 4.74 Å². The Labute approximate surface area is 117 Å². The second kappa shape index (κ2) is 5.31. The van der Waals surface area contributed by atoms with Crippen molar-refractivity contribution in [3.63, 3.8) is 0 Å². The molecule has 0 fully saturated rings. The second-order valence-electron chi connectivity index (χ2n) is 4.67. The molecule has 3 rings (SSSR count). The third-order valence-electron chi connectivity index (χ3n) is 3.17. The van der Waals surface area contributed by atoms with Gasteiger partial charge in [0.05, 0.1) is 11.6 Å². The average Bonchev–Trinajstić information content (AvgIpc) is 2.47. The van der Waals surface area contributed by atoms with Gasteiger partial charge < -0.3 is 9.84 Å². The van der Waals surface area contributed by atoms with Gasteiger partial charge in [0.2, 0.25) is 0 Å². The number of aliphatic hydroxyl groups excluding tert-OH is 1. The van der Waals surface area contributed by atoms with Gasteiger partial charge >= 0.3 is 0 Å². The number of fused-ring (bicyclic) bond motifs is 1. The Morgan fingerprint density at radius 3 is 2.75 bits per heavy atom. The molecule has 0 aliphatic rings. The highest BCUT2D eigenvalue weighted by atomic mass is 16.5. The van der Waals surface area contributed by atoms with Gasteiger partial charge in [-0.25, -0.2) is 0 Å². The Hall–Kier alpha value is -2.39. The Morgan fingerprint density at radius 2 is 1.90 bits per heavy atom. The van der Waals surface area contributed by atoms with Crippen LogP contribution in [0.15, 0.2) is 60.8 Å². The third kappa shape index (κ3) is 2.49. The van der Waals surface area contributed by atoms with Crippen molar-refractivity contribution in [2.24, 2.45) is 0 Å². The van der Waals surface area contributed by atoms with Gasteiger partial charge in [-0.15, -0.1) is 0 Å². The van der Waals surface area contributed by atoms with E-state index in [0.29, 0.717) is 11.5 Å². The molecule has 0 bridgehead atoms. The van der Waals surface area contributed by atoms with E-state index in [1.54, 1.807) is 13.1 Å². The molecule has 1 heterocycles. The molecule has 3 nitrogen and oxygen atoms in total. The van der Waals surface area contributed by atoms with E-state index in [1.165, 1.54) is 0 Å². The number of hydrogen-bond acceptors (Lipinski definition) is 3. The number of aliphatic hydroxyl groups is 1. The molecular formula is C17H15NO2. The zero-order valence-electron chi connectivity index (χ0n) is 11.2. The van der Waals surface area contributed by atoms with Crippen molar-refractivity contribution in [2.75, 3.05) is 0 Å². The van der Waals surface area contributed by atoms with Crippen LogP contribution in [-0.2, 0) is 0 Å². The molecule has 0 spiro atoms. The monoisotopic (exact) mass is 265 g/mol. The minimum atomic E-state index is -0.565. The van der Waals surface area contributed by atoms with Gasteiger partial charge in [-0.05, 0) is 31.2 Å². The first kappa shape index (κ1) is 12.6. The van der Waals surface area contributed by atoms with Crippen molar-refractivity contribution < 1.29 is 9.84 Å². The topological polar surface area (TPSA) is 42.4 Å². The van der Waals surface area contributed by atoms with E-state index in [0.717, 1.165) is 16.5 Å². The molecule has 2 aromatic carbocycles. The van der Waals surface area contributed by atoms with Crippen molar-refractivity contribution in [1.82, 2.24) is 4.98 Å². The molecule has 0 aliphatic carbocycles. The van der Waals surface area contributed by atoms with Crippen molar-refractivity contribution in [2.45, 2.75) is 13.0 Å². The molecule has 20 heavy (non-hydrogen) atoms. The van der Waals surface area contributed by atoms with Gasteiger partial charge in [0.1, 0.15) is 11.5 Å². The van der Waals surface area contributed by atoms with Gasteiger partial charge in [0, 0.05) is 23.2 Å². The number of rotatable bonds is 3. The predicted octanol–water partition coefficient (Wildman–Crippen LogP) is 4.08. The molecule has 3 heteroatoms. The molecule has 0 aliphatic heterocycles. The average molecular weight is 265 g/mol. The van der Waals surface area contributed by atoms with Crippen LogP contribution in [0, 0.1) is 0 Å². The number of pyridine rings is 1. The first-order chi connectivity index (χ1) is 9.74. The van der Waals surface area contributed by atoms with Crippen molar-refractivity contribution in [1.29, 1.82) is 0 Å². The number of nitrogens with zero attached hydrogens (tertiary/aromatic N) is 1. The normalized spacial score (nSPS) is 12.3.